The number of hydrogen-bond donors (Lipinski definition) is 1. The van der Waals surface area contributed by atoms with Gasteiger partial charge < -0.3 is 0 Å². The molecule has 8 heteroatoms. The van der Waals surface area contributed by atoms with E-state index in [0.29, 0.717) is 5.56 Å². The summed E-state index contributed by atoms with van der Waals surface area (Å²) in [6.07, 6.45) is -1.78. The summed E-state index contributed by atoms with van der Waals surface area (Å²) in [5, 5.41) is 0. The normalized spacial score (nSPS) is 13.8. The van der Waals surface area contributed by atoms with Crippen molar-refractivity contribution in [3.05, 3.63) is 59.9 Å². The van der Waals surface area contributed by atoms with Crippen LogP contribution in [0, 0.1) is 0 Å². The van der Waals surface area contributed by atoms with E-state index in [4.69, 9.17) is 0 Å². The number of alkyl halides is 3. The lowest BCUT2D eigenvalue weighted by Gasteiger charge is -2.17. The summed E-state index contributed by atoms with van der Waals surface area (Å²) < 4.78 is 65.5. The number of halogens is 3. The van der Waals surface area contributed by atoms with Crippen LogP contribution in [0.4, 0.5) is 13.2 Å². The van der Waals surface area contributed by atoms with E-state index in [9.17, 15) is 21.6 Å². The van der Waals surface area contributed by atoms with Crippen molar-refractivity contribution in [2.45, 2.75) is 24.0 Å². The Balaban J connectivity index is 2.36. The highest BCUT2D eigenvalue weighted by Gasteiger charge is 2.37. The van der Waals surface area contributed by atoms with Crippen molar-refractivity contribution < 1.29 is 21.6 Å². The first-order valence-corrected chi connectivity index (χ1v) is 7.78. The van der Waals surface area contributed by atoms with Gasteiger partial charge in [-0.3, -0.25) is 4.98 Å². The quantitative estimate of drug-likeness (QED) is 0.937. The maximum absolute atomic E-state index is 12.9. The van der Waals surface area contributed by atoms with Crippen LogP contribution in [0.5, 0.6) is 0 Å². The Morgan fingerprint density at radius 2 is 1.82 bits per heavy atom. The third-order valence-corrected chi connectivity index (χ3v) is 4.60. The Morgan fingerprint density at radius 1 is 1.14 bits per heavy atom. The molecule has 0 bridgehead atoms. The van der Waals surface area contributed by atoms with Crippen LogP contribution < -0.4 is 4.72 Å². The standard InChI is InChI=1S/C14H13F3N2O2S/c1-10(11-5-4-8-18-9-11)19-22(20,21)13-7-3-2-6-12(13)14(15,16)17/h2-10,19H,1H3/t10-/m0/s1. The minimum absolute atomic E-state index is 0.551. The molecular weight excluding hydrogens is 317 g/mol. The average Bonchev–Trinajstić information content (AvgIpc) is 2.47. The minimum atomic E-state index is -4.75. The molecule has 0 radical (unpaired) electrons. The molecule has 0 unspecified atom stereocenters. The van der Waals surface area contributed by atoms with E-state index in [1.807, 2.05) is 0 Å². The second-order valence-electron chi connectivity index (χ2n) is 4.62. The van der Waals surface area contributed by atoms with Crippen molar-refractivity contribution in [3.8, 4) is 0 Å². The van der Waals surface area contributed by atoms with Gasteiger partial charge in [0, 0.05) is 18.4 Å². The Bertz CT molecular complexity index is 746. The van der Waals surface area contributed by atoms with Crippen molar-refractivity contribution in [1.82, 2.24) is 9.71 Å². The molecule has 4 nitrogen and oxygen atoms in total. The molecule has 0 aliphatic heterocycles. The van der Waals surface area contributed by atoms with E-state index in [0.717, 1.165) is 18.2 Å². The molecule has 1 aromatic heterocycles. The van der Waals surface area contributed by atoms with Gasteiger partial charge in [0.05, 0.1) is 10.5 Å². The molecule has 1 heterocycles. The fourth-order valence-electron chi connectivity index (χ4n) is 1.93. The summed E-state index contributed by atoms with van der Waals surface area (Å²) in [5.74, 6) is 0. The smallest absolute Gasteiger partial charge is 0.264 e. The van der Waals surface area contributed by atoms with Gasteiger partial charge in [-0.05, 0) is 30.7 Å². The van der Waals surface area contributed by atoms with Gasteiger partial charge in [-0.25, -0.2) is 13.1 Å². The number of hydrogen-bond acceptors (Lipinski definition) is 3. The fraction of sp³-hybridized carbons (Fsp3) is 0.214. The second-order valence-corrected chi connectivity index (χ2v) is 6.31. The maximum Gasteiger partial charge on any atom is 0.417 e. The zero-order valence-corrected chi connectivity index (χ0v) is 12.3. The van der Waals surface area contributed by atoms with Gasteiger partial charge >= 0.3 is 6.18 Å². The topological polar surface area (TPSA) is 59.1 Å². The molecule has 0 aliphatic rings. The van der Waals surface area contributed by atoms with Gasteiger partial charge in [0.2, 0.25) is 10.0 Å². The Hall–Kier alpha value is -1.93. The molecule has 0 aliphatic carbocycles. The maximum atomic E-state index is 12.9. The molecule has 1 atom stereocenters. The molecule has 0 spiro atoms. The Kier molecular flexibility index (Phi) is 4.52. The molecule has 0 fully saturated rings. The first-order valence-electron chi connectivity index (χ1n) is 6.30. The molecule has 1 aromatic carbocycles. The van der Waals surface area contributed by atoms with Crippen molar-refractivity contribution >= 4 is 10.0 Å². The second kappa shape index (κ2) is 6.05. The number of nitrogens with one attached hydrogen (secondary N) is 1. The predicted molar refractivity (Wildman–Crippen MR) is 74.4 cm³/mol. The molecule has 0 amide bonds. The molecule has 2 aromatic rings. The van der Waals surface area contributed by atoms with Gasteiger partial charge in [0.15, 0.2) is 0 Å². The lowest BCUT2D eigenvalue weighted by Crippen LogP contribution is -2.29. The monoisotopic (exact) mass is 330 g/mol. The van der Waals surface area contributed by atoms with Crippen LogP contribution in [-0.4, -0.2) is 13.4 Å². The third kappa shape index (κ3) is 3.63. The SMILES string of the molecule is C[C@H](NS(=O)(=O)c1ccccc1C(F)(F)F)c1cccnc1. The summed E-state index contributed by atoms with van der Waals surface area (Å²) in [7, 11) is -4.32. The van der Waals surface area contributed by atoms with E-state index in [2.05, 4.69) is 9.71 Å². The largest absolute Gasteiger partial charge is 0.417 e. The van der Waals surface area contributed by atoms with E-state index >= 15 is 0 Å². The first kappa shape index (κ1) is 16.4. The van der Waals surface area contributed by atoms with Crippen molar-refractivity contribution in [1.29, 1.82) is 0 Å². The number of sulfonamides is 1. The van der Waals surface area contributed by atoms with Crippen molar-refractivity contribution in [3.63, 3.8) is 0 Å². The van der Waals surface area contributed by atoms with Crippen LogP contribution in [0.25, 0.3) is 0 Å². The fourth-order valence-corrected chi connectivity index (χ4v) is 3.39. The van der Waals surface area contributed by atoms with Gasteiger partial charge in [0.1, 0.15) is 0 Å². The van der Waals surface area contributed by atoms with E-state index in [1.54, 1.807) is 12.1 Å². The Labute approximate surface area is 126 Å². The summed E-state index contributed by atoms with van der Waals surface area (Å²) in [6.45, 7) is 1.53. The minimum Gasteiger partial charge on any atom is -0.264 e. The van der Waals surface area contributed by atoms with Crippen LogP contribution in [-0.2, 0) is 16.2 Å². The van der Waals surface area contributed by atoms with E-state index in [-0.39, 0.29) is 0 Å². The number of benzene rings is 1. The predicted octanol–water partition coefficient (Wildman–Crippen LogP) is 3.14. The van der Waals surface area contributed by atoms with Gasteiger partial charge in [-0.2, -0.15) is 13.2 Å². The van der Waals surface area contributed by atoms with Crippen LogP contribution in [0.1, 0.15) is 24.1 Å². The highest BCUT2D eigenvalue weighted by Crippen LogP contribution is 2.34. The number of pyridine rings is 1. The molecular formula is C14H13F3N2O2S. The zero-order chi connectivity index (χ0) is 16.4. The summed E-state index contributed by atoms with van der Waals surface area (Å²) in [4.78, 5) is 3.06. The van der Waals surface area contributed by atoms with E-state index in [1.165, 1.54) is 25.4 Å². The Morgan fingerprint density at radius 3 is 2.41 bits per heavy atom. The number of nitrogens with zero attached hydrogens (tertiary/aromatic N) is 1. The average molecular weight is 330 g/mol. The first-order chi connectivity index (χ1) is 10.2. The van der Waals surface area contributed by atoms with E-state index < -0.39 is 32.7 Å². The highest BCUT2D eigenvalue weighted by atomic mass is 32.2. The lowest BCUT2D eigenvalue weighted by molar-refractivity contribution is -0.139. The third-order valence-electron chi connectivity index (χ3n) is 3.00. The molecule has 22 heavy (non-hydrogen) atoms. The summed E-state index contributed by atoms with van der Waals surface area (Å²) >= 11 is 0. The lowest BCUT2D eigenvalue weighted by atomic mass is 10.2. The molecule has 0 saturated carbocycles. The summed E-state index contributed by atoms with van der Waals surface area (Å²) in [5.41, 5.74) is -0.642. The van der Waals surface area contributed by atoms with Crippen LogP contribution >= 0.6 is 0 Å². The van der Waals surface area contributed by atoms with Crippen LogP contribution in [0.3, 0.4) is 0 Å². The highest BCUT2D eigenvalue weighted by molar-refractivity contribution is 7.89. The zero-order valence-electron chi connectivity index (χ0n) is 11.5. The summed E-state index contributed by atoms with van der Waals surface area (Å²) in [6, 6.07) is 6.61. The van der Waals surface area contributed by atoms with Gasteiger partial charge in [-0.1, -0.05) is 18.2 Å². The van der Waals surface area contributed by atoms with Crippen LogP contribution in [0.2, 0.25) is 0 Å². The number of rotatable bonds is 4. The van der Waals surface area contributed by atoms with Crippen molar-refractivity contribution in [2.24, 2.45) is 0 Å². The number of aromatic nitrogens is 1. The molecule has 2 rings (SSSR count). The van der Waals surface area contributed by atoms with Gasteiger partial charge in [-0.15, -0.1) is 0 Å². The molecule has 1 N–H and O–H groups in total. The van der Waals surface area contributed by atoms with Crippen molar-refractivity contribution in [2.75, 3.05) is 0 Å². The van der Waals surface area contributed by atoms with Crippen LogP contribution in [0.15, 0.2) is 53.7 Å². The van der Waals surface area contributed by atoms with Gasteiger partial charge in [0.25, 0.3) is 0 Å². The molecule has 118 valence electrons. The molecule has 0 saturated heterocycles.